The Morgan fingerprint density at radius 1 is 1.21 bits per heavy atom. The van der Waals surface area contributed by atoms with Crippen molar-refractivity contribution in [2.45, 2.75) is 25.3 Å². The predicted molar refractivity (Wildman–Crippen MR) is 92.3 cm³/mol. The molecular weight excluding hydrogens is 300 g/mol. The van der Waals surface area contributed by atoms with E-state index in [9.17, 15) is 4.79 Å². The summed E-state index contributed by atoms with van der Waals surface area (Å²) in [5.74, 6) is 0.829. The van der Waals surface area contributed by atoms with Gasteiger partial charge in [-0.15, -0.1) is 0 Å². The molecule has 5 nitrogen and oxygen atoms in total. The number of rotatable bonds is 6. The molecule has 0 unspecified atom stereocenters. The van der Waals surface area contributed by atoms with Crippen molar-refractivity contribution < 1.29 is 4.79 Å². The van der Waals surface area contributed by atoms with E-state index in [-0.39, 0.29) is 11.9 Å². The second-order valence-corrected chi connectivity index (χ2v) is 5.99. The fourth-order valence-electron chi connectivity index (χ4n) is 2.99. The number of carbonyl (C=O) groups is 1. The Bertz CT molecular complexity index is 739. The maximum atomic E-state index is 12.2. The Labute approximate surface area is 141 Å². The van der Waals surface area contributed by atoms with Crippen molar-refractivity contribution in [3.05, 3.63) is 59.8 Å². The lowest BCUT2D eigenvalue weighted by Gasteiger charge is -2.17. The van der Waals surface area contributed by atoms with Crippen LogP contribution in [-0.4, -0.2) is 34.9 Å². The molecule has 1 amide bonds. The predicted octanol–water partition coefficient (Wildman–Crippen LogP) is 2.60. The van der Waals surface area contributed by atoms with Crippen molar-refractivity contribution in [3.8, 4) is 6.07 Å². The van der Waals surface area contributed by atoms with Crippen LogP contribution in [0.3, 0.4) is 0 Å². The lowest BCUT2D eigenvalue weighted by molar-refractivity contribution is -0.127. The molecule has 1 aliphatic rings. The number of nitrogens with zero attached hydrogens (tertiary/aromatic N) is 3. The molecule has 1 aromatic heterocycles. The minimum Gasteiger partial charge on any atom is -0.365 e. The molecule has 0 saturated carbocycles. The molecule has 1 N–H and O–H groups in total. The van der Waals surface area contributed by atoms with Gasteiger partial charge in [0.05, 0.1) is 6.04 Å². The highest BCUT2D eigenvalue weighted by Crippen LogP contribution is 2.17. The van der Waals surface area contributed by atoms with Gasteiger partial charge in [-0.3, -0.25) is 4.79 Å². The Kier molecular flexibility index (Phi) is 5.07. The van der Waals surface area contributed by atoms with Crippen LogP contribution in [0.25, 0.3) is 0 Å². The Morgan fingerprint density at radius 2 is 2.04 bits per heavy atom. The molecule has 122 valence electrons. The van der Waals surface area contributed by atoms with Gasteiger partial charge >= 0.3 is 0 Å². The molecule has 1 fully saturated rings. The number of carbonyl (C=O) groups excluding carboxylic acids is 1. The number of benzene rings is 1. The molecule has 3 rings (SSSR count). The zero-order valence-corrected chi connectivity index (χ0v) is 13.5. The summed E-state index contributed by atoms with van der Waals surface area (Å²) in [6.07, 6.45) is 2.42. The summed E-state index contributed by atoms with van der Waals surface area (Å²) in [4.78, 5) is 18.3. The van der Waals surface area contributed by atoms with E-state index in [0.29, 0.717) is 24.5 Å². The SMILES string of the molecule is N#Cc1cccc(N[C@@H]2CC(=O)N(CCCc3ccccc3)C2)n1. The van der Waals surface area contributed by atoms with Gasteiger partial charge in [0, 0.05) is 19.5 Å². The van der Waals surface area contributed by atoms with Gasteiger partial charge in [0.2, 0.25) is 5.91 Å². The average Bonchev–Trinajstić information content (AvgIpc) is 2.95. The minimum absolute atomic E-state index is 0.0515. The third-order valence-corrected chi connectivity index (χ3v) is 4.17. The van der Waals surface area contributed by atoms with Gasteiger partial charge in [-0.05, 0) is 30.5 Å². The van der Waals surface area contributed by atoms with Crippen LogP contribution in [0.15, 0.2) is 48.5 Å². The average molecular weight is 320 g/mol. The number of pyridine rings is 1. The molecule has 0 spiro atoms. The smallest absolute Gasteiger partial charge is 0.224 e. The number of hydrogen-bond donors (Lipinski definition) is 1. The van der Waals surface area contributed by atoms with Gasteiger partial charge in [0.15, 0.2) is 0 Å². The number of nitriles is 1. The molecule has 0 radical (unpaired) electrons. The first-order valence-electron chi connectivity index (χ1n) is 8.20. The van der Waals surface area contributed by atoms with E-state index in [0.717, 1.165) is 19.4 Å². The van der Waals surface area contributed by atoms with Crippen LogP contribution in [-0.2, 0) is 11.2 Å². The van der Waals surface area contributed by atoms with Gasteiger partial charge in [0.1, 0.15) is 17.6 Å². The molecule has 1 aliphatic heterocycles. The second kappa shape index (κ2) is 7.60. The van der Waals surface area contributed by atoms with Crippen molar-refractivity contribution in [1.29, 1.82) is 5.26 Å². The Balaban J connectivity index is 1.49. The number of likely N-dealkylation sites (tertiary alicyclic amines) is 1. The summed E-state index contributed by atoms with van der Waals surface area (Å²) in [6, 6.07) is 17.7. The molecule has 5 heteroatoms. The fourth-order valence-corrected chi connectivity index (χ4v) is 2.99. The number of aromatic nitrogens is 1. The first-order chi connectivity index (χ1) is 11.7. The minimum atomic E-state index is 0.0515. The lowest BCUT2D eigenvalue weighted by atomic mass is 10.1. The highest BCUT2D eigenvalue weighted by molar-refractivity contribution is 5.80. The number of hydrogen-bond acceptors (Lipinski definition) is 4. The van der Waals surface area contributed by atoms with E-state index < -0.39 is 0 Å². The van der Waals surface area contributed by atoms with E-state index in [1.165, 1.54) is 5.56 Å². The summed E-state index contributed by atoms with van der Waals surface area (Å²) >= 11 is 0. The summed E-state index contributed by atoms with van der Waals surface area (Å²) in [5.41, 5.74) is 1.68. The van der Waals surface area contributed by atoms with Gasteiger partial charge in [-0.2, -0.15) is 5.26 Å². The van der Waals surface area contributed by atoms with Gasteiger partial charge in [-0.1, -0.05) is 36.4 Å². The van der Waals surface area contributed by atoms with E-state index in [1.54, 1.807) is 12.1 Å². The standard InChI is InChI=1S/C19H20N4O/c20-13-16-9-4-10-18(21-16)22-17-12-19(24)23(14-17)11-5-8-15-6-2-1-3-7-15/h1-4,6-7,9-10,17H,5,8,11-12,14H2,(H,21,22)/t17-/m1/s1. The maximum absolute atomic E-state index is 12.2. The topological polar surface area (TPSA) is 69.0 Å². The van der Waals surface area contributed by atoms with Crippen LogP contribution in [0.2, 0.25) is 0 Å². The molecular formula is C19H20N4O. The van der Waals surface area contributed by atoms with Gasteiger partial charge in [0.25, 0.3) is 0 Å². The van der Waals surface area contributed by atoms with E-state index >= 15 is 0 Å². The lowest BCUT2D eigenvalue weighted by Crippen LogP contribution is -2.29. The summed E-state index contributed by atoms with van der Waals surface area (Å²) in [5, 5.41) is 12.2. The number of amides is 1. The summed E-state index contributed by atoms with van der Waals surface area (Å²) in [6.45, 7) is 1.46. The Morgan fingerprint density at radius 3 is 2.83 bits per heavy atom. The van der Waals surface area contributed by atoms with Crippen molar-refractivity contribution >= 4 is 11.7 Å². The van der Waals surface area contributed by atoms with Crippen LogP contribution >= 0.6 is 0 Å². The first-order valence-corrected chi connectivity index (χ1v) is 8.20. The van der Waals surface area contributed by atoms with E-state index in [1.807, 2.05) is 35.2 Å². The second-order valence-electron chi connectivity index (χ2n) is 5.99. The van der Waals surface area contributed by atoms with Gasteiger partial charge < -0.3 is 10.2 Å². The third kappa shape index (κ3) is 4.11. The van der Waals surface area contributed by atoms with E-state index in [2.05, 4.69) is 22.4 Å². The number of nitrogens with one attached hydrogen (secondary N) is 1. The van der Waals surface area contributed by atoms with Crippen LogP contribution in [0.5, 0.6) is 0 Å². The highest BCUT2D eigenvalue weighted by Gasteiger charge is 2.29. The Hall–Kier alpha value is -2.87. The molecule has 1 aromatic carbocycles. The molecule has 0 aliphatic carbocycles. The van der Waals surface area contributed by atoms with Gasteiger partial charge in [-0.25, -0.2) is 4.98 Å². The monoisotopic (exact) mass is 320 g/mol. The molecule has 1 saturated heterocycles. The van der Waals surface area contributed by atoms with Crippen LogP contribution in [0.4, 0.5) is 5.82 Å². The van der Waals surface area contributed by atoms with E-state index in [4.69, 9.17) is 5.26 Å². The quantitative estimate of drug-likeness (QED) is 0.888. The largest absolute Gasteiger partial charge is 0.365 e. The molecule has 1 atom stereocenters. The van der Waals surface area contributed by atoms with Crippen molar-refractivity contribution in [2.24, 2.45) is 0 Å². The number of aryl methyl sites for hydroxylation is 1. The van der Waals surface area contributed by atoms with Crippen LogP contribution < -0.4 is 5.32 Å². The van der Waals surface area contributed by atoms with Crippen LogP contribution in [0, 0.1) is 11.3 Å². The molecule has 24 heavy (non-hydrogen) atoms. The van der Waals surface area contributed by atoms with Crippen molar-refractivity contribution in [1.82, 2.24) is 9.88 Å². The number of anilines is 1. The zero-order chi connectivity index (χ0) is 16.8. The molecule has 0 bridgehead atoms. The normalized spacial score (nSPS) is 16.9. The first kappa shape index (κ1) is 16.0. The summed E-state index contributed by atoms with van der Waals surface area (Å²) < 4.78 is 0. The fraction of sp³-hybridized carbons (Fsp3) is 0.316. The molecule has 2 aromatic rings. The third-order valence-electron chi connectivity index (χ3n) is 4.17. The summed E-state index contributed by atoms with van der Waals surface area (Å²) in [7, 11) is 0. The van der Waals surface area contributed by atoms with Crippen LogP contribution in [0.1, 0.15) is 24.1 Å². The zero-order valence-electron chi connectivity index (χ0n) is 13.5. The molecule has 2 heterocycles. The van der Waals surface area contributed by atoms with Crippen molar-refractivity contribution in [2.75, 3.05) is 18.4 Å². The van der Waals surface area contributed by atoms with Crippen molar-refractivity contribution in [3.63, 3.8) is 0 Å². The maximum Gasteiger partial charge on any atom is 0.224 e. The highest BCUT2D eigenvalue weighted by atomic mass is 16.2.